The molecule has 1 heterocycles. The van der Waals surface area contributed by atoms with Crippen LogP contribution in [-0.2, 0) is 14.8 Å². The Hall–Kier alpha value is -1.93. The van der Waals surface area contributed by atoms with Crippen molar-refractivity contribution in [3.63, 3.8) is 0 Å². The van der Waals surface area contributed by atoms with Gasteiger partial charge < -0.3 is 10.2 Å². The van der Waals surface area contributed by atoms with E-state index in [1.165, 1.54) is 12.1 Å². The molecule has 2 rings (SSSR count). The molecule has 2 N–H and O–H groups in total. The van der Waals surface area contributed by atoms with E-state index in [1.807, 2.05) is 0 Å². The number of aryl methyl sites for hydroxylation is 1. The molecule has 21 heavy (non-hydrogen) atoms. The van der Waals surface area contributed by atoms with Crippen LogP contribution in [0.15, 0.2) is 23.1 Å². The zero-order valence-electron chi connectivity index (χ0n) is 11.3. The molecular weight excluding hydrogens is 298 g/mol. The molecule has 1 saturated heterocycles. The summed E-state index contributed by atoms with van der Waals surface area (Å²) in [6, 6.07) is 2.69. The highest BCUT2D eigenvalue weighted by Crippen LogP contribution is 2.27. The lowest BCUT2D eigenvalue weighted by Gasteiger charge is -2.21. The van der Waals surface area contributed by atoms with Crippen molar-refractivity contribution in [2.24, 2.45) is 0 Å². The minimum absolute atomic E-state index is 0.109. The van der Waals surface area contributed by atoms with Crippen molar-refractivity contribution in [1.82, 2.24) is 4.31 Å². The van der Waals surface area contributed by atoms with Crippen LogP contribution < -0.4 is 0 Å². The number of nitrogens with zero attached hydrogens (tertiary/aromatic N) is 1. The summed E-state index contributed by atoms with van der Waals surface area (Å²) in [7, 11) is -4.02. The Morgan fingerprint density at radius 2 is 1.95 bits per heavy atom. The number of carboxylic acid groups (broad SMARTS) is 2. The van der Waals surface area contributed by atoms with Crippen LogP contribution in [0.25, 0.3) is 0 Å². The number of benzene rings is 1. The maximum atomic E-state index is 12.5. The van der Waals surface area contributed by atoms with Crippen molar-refractivity contribution < 1.29 is 28.2 Å². The van der Waals surface area contributed by atoms with E-state index in [9.17, 15) is 18.0 Å². The number of aliphatic carboxylic acids is 1. The highest BCUT2D eigenvalue weighted by atomic mass is 32.2. The molecule has 1 atom stereocenters. The molecular formula is C13H15NO6S. The molecule has 0 aromatic heterocycles. The molecule has 0 amide bonds. The summed E-state index contributed by atoms with van der Waals surface area (Å²) in [6.45, 7) is 1.69. The first-order valence-corrected chi connectivity index (χ1v) is 7.77. The fourth-order valence-corrected chi connectivity index (χ4v) is 4.08. The molecule has 0 aliphatic carbocycles. The number of hydrogen-bond donors (Lipinski definition) is 2. The van der Waals surface area contributed by atoms with Crippen LogP contribution in [0, 0.1) is 6.92 Å². The molecule has 1 aromatic carbocycles. The predicted octanol–water partition coefficient (Wildman–Crippen LogP) is 0.931. The topological polar surface area (TPSA) is 112 Å². The summed E-state index contributed by atoms with van der Waals surface area (Å²) in [4.78, 5) is 22.0. The number of hydrogen-bond acceptors (Lipinski definition) is 4. The normalized spacial score (nSPS) is 19.6. The number of carbonyl (C=O) groups is 2. The van der Waals surface area contributed by atoms with E-state index < -0.39 is 28.0 Å². The van der Waals surface area contributed by atoms with E-state index in [-0.39, 0.29) is 23.4 Å². The van der Waals surface area contributed by atoms with E-state index in [0.29, 0.717) is 12.0 Å². The Balaban J connectivity index is 2.47. The molecule has 0 bridgehead atoms. The fraction of sp³-hybridized carbons (Fsp3) is 0.385. The number of sulfonamides is 1. The molecule has 114 valence electrons. The van der Waals surface area contributed by atoms with Gasteiger partial charge in [0.05, 0.1) is 10.5 Å². The van der Waals surface area contributed by atoms with Crippen LogP contribution in [0.5, 0.6) is 0 Å². The van der Waals surface area contributed by atoms with Crippen LogP contribution in [-0.4, -0.2) is 47.5 Å². The van der Waals surface area contributed by atoms with Gasteiger partial charge in [-0.2, -0.15) is 4.31 Å². The van der Waals surface area contributed by atoms with E-state index >= 15 is 0 Å². The van der Waals surface area contributed by atoms with Gasteiger partial charge in [0.25, 0.3) is 0 Å². The summed E-state index contributed by atoms with van der Waals surface area (Å²) >= 11 is 0. The quantitative estimate of drug-likeness (QED) is 0.855. The van der Waals surface area contributed by atoms with E-state index in [1.54, 1.807) is 6.92 Å². The van der Waals surface area contributed by atoms with Crippen LogP contribution in [0.2, 0.25) is 0 Å². The van der Waals surface area contributed by atoms with Crippen molar-refractivity contribution in [2.75, 3.05) is 6.54 Å². The summed E-state index contributed by atoms with van der Waals surface area (Å²) in [6.07, 6.45) is 0.722. The number of carboxylic acids is 2. The largest absolute Gasteiger partial charge is 0.480 e. The van der Waals surface area contributed by atoms with E-state index in [0.717, 1.165) is 10.4 Å². The SMILES string of the molecule is Cc1ccc(S(=O)(=O)N2CCCC2C(=O)O)cc1C(=O)O. The van der Waals surface area contributed by atoms with Gasteiger partial charge in [-0.25, -0.2) is 13.2 Å². The zero-order valence-corrected chi connectivity index (χ0v) is 12.1. The summed E-state index contributed by atoms with van der Waals surface area (Å²) in [5.74, 6) is -2.41. The van der Waals surface area contributed by atoms with E-state index in [4.69, 9.17) is 10.2 Å². The third kappa shape index (κ3) is 2.77. The lowest BCUT2D eigenvalue weighted by atomic mass is 10.1. The van der Waals surface area contributed by atoms with Crippen LogP contribution in [0.1, 0.15) is 28.8 Å². The number of aromatic carboxylic acids is 1. The van der Waals surface area contributed by atoms with Crippen LogP contribution in [0.4, 0.5) is 0 Å². The summed E-state index contributed by atoms with van der Waals surface area (Å²) in [5, 5.41) is 18.1. The predicted molar refractivity (Wildman–Crippen MR) is 72.7 cm³/mol. The lowest BCUT2D eigenvalue weighted by molar-refractivity contribution is -0.140. The first-order chi connectivity index (χ1) is 9.75. The van der Waals surface area contributed by atoms with Crippen molar-refractivity contribution in [3.05, 3.63) is 29.3 Å². The van der Waals surface area contributed by atoms with Gasteiger partial charge in [-0.05, 0) is 37.5 Å². The molecule has 7 nitrogen and oxygen atoms in total. The molecule has 1 aliphatic heterocycles. The van der Waals surface area contributed by atoms with Gasteiger partial charge in [0, 0.05) is 6.54 Å². The summed E-state index contributed by atoms with van der Waals surface area (Å²) in [5.41, 5.74) is 0.333. The Labute approximate surface area is 121 Å². The van der Waals surface area contributed by atoms with Gasteiger partial charge in [-0.1, -0.05) is 6.07 Å². The number of rotatable bonds is 4. The third-order valence-corrected chi connectivity index (χ3v) is 5.44. The second kappa shape index (κ2) is 5.45. The lowest BCUT2D eigenvalue weighted by Crippen LogP contribution is -2.40. The van der Waals surface area contributed by atoms with Crippen molar-refractivity contribution >= 4 is 22.0 Å². The Kier molecular flexibility index (Phi) is 4.02. The molecule has 0 saturated carbocycles. The van der Waals surface area contributed by atoms with Crippen LogP contribution in [0.3, 0.4) is 0 Å². The molecule has 1 fully saturated rings. The smallest absolute Gasteiger partial charge is 0.335 e. The molecule has 1 aromatic rings. The average Bonchev–Trinajstić information content (AvgIpc) is 2.88. The monoisotopic (exact) mass is 313 g/mol. The summed E-state index contributed by atoms with van der Waals surface area (Å²) < 4.78 is 25.9. The minimum Gasteiger partial charge on any atom is -0.480 e. The molecule has 1 aliphatic rings. The van der Waals surface area contributed by atoms with Crippen molar-refractivity contribution in [3.8, 4) is 0 Å². The van der Waals surface area contributed by atoms with Gasteiger partial charge in [-0.15, -0.1) is 0 Å². The van der Waals surface area contributed by atoms with Crippen molar-refractivity contribution in [1.29, 1.82) is 0 Å². The minimum atomic E-state index is -4.02. The van der Waals surface area contributed by atoms with Crippen LogP contribution >= 0.6 is 0 Å². The highest BCUT2D eigenvalue weighted by molar-refractivity contribution is 7.89. The maximum Gasteiger partial charge on any atom is 0.335 e. The highest BCUT2D eigenvalue weighted by Gasteiger charge is 2.39. The Morgan fingerprint density at radius 3 is 2.52 bits per heavy atom. The third-order valence-electron chi connectivity index (χ3n) is 3.53. The second-order valence-corrected chi connectivity index (χ2v) is 6.78. The molecule has 0 spiro atoms. The standard InChI is InChI=1S/C13H15NO6S/c1-8-4-5-9(7-10(8)12(15)16)21(19,20)14-6-2-3-11(14)13(17)18/h4-5,7,11H,2-3,6H2,1H3,(H,15,16)(H,17,18). The Bertz CT molecular complexity index is 697. The van der Waals surface area contributed by atoms with Gasteiger partial charge in [0.2, 0.25) is 10.0 Å². The molecule has 8 heteroatoms. The Morgan fingerprint density at radius 1 is 1.29 bits per heavy atom. The van der Waals surface area contributed by atoms with Gasteiger partial charge in [-0.3, -0.25) is 4.79 Å². The van der Waals surface area contributed by atoms with Crippen molar-refractivity contribution in [2.45, 2.75) is 30.7 Å². The first-order valence-electron chi connectivity index (χ1n) is 6.33. The molecule has 0 radical (unpaired) electrons. The first kappa shape index (κ1) is 15.5. The van der Waals surface area contributed by atoms with Gasteiger partial charge >= 0.3 is 11.9 Å². The second-order valence-electron chi connectivity index (χ2n) is 4.89. The zero-order chi connectivity index (χ0) is 15.8. The van der Waals surface area contributed by atoms with Gasteiger partial charge in [0.1, 0.15) is 6.04 Å². The maximum absolute atomic E-state index is 12.5. The van der Waals surface area contributed by atoms with Gasteiger partial charge in [0.15, 0.2) is 0 Å². The van der Waals surface area contributed by atoms with E-state index in [2.05, 4.69) is 0 Å². The molecule has 1 unspecified atom stereocenters. The average molecular weight is 313 g/mol. The fourth-order valence-electron chi connectivity index (χ4n) is 2.40.